The van der Waals surface area contributed by atoms with Crippen LogP contribution in [-0.2, 0) is 19.9 Å². The number of likely N-dealkylation sites (N-methyl/N-ethyl adjacent to an activating group) is 1. The molecule has 0 saturated carbocycles. The molecule has 3 amide bonds. The quantitative estimate of drug-likeness (QED) is 0.626. The molecule has 2 aromatic carbocycles. The van der Waals surface area contributed by atoms with Crippen LogP contribution in [0.3, 0.4) is 0 Å². The third-order valence-corrected chi connectivity index (χ3v) is 8.00. The van der Waals surface area contributed by atoms with Gasteiger partial charge in [-0.2, -0.15) is 0 Å². The molecule has 4 atom stereocenters. The van der Waals surface area contributed by atoms with Gasteiger partial charge in [0.05, 0.1) is 17.5 Å². The zero-order valence-corrected chi connectivity index (χ0v) is 18.9. The summed E-state index contributed by atoms with van der Waals surface area (Å²) in [4.78, 5) is 46.9. The third-order valence-electron chi connectivity index (χ3n) is 7.57. The van der Waals surface area contributed by atoms with Crippen LogP contribution in [0.2, 0.25) is 10.0 Å². The number of anilines is 2. The molecule has 3 saturated heterocycles. The zero-order valence-electron chi connectivity index (χ0n) is 17.4. The minimum absolute atomic E-state index is 0.104. The molecule has 6 rings (SSSR count). The molecule has 0 bridgehead atoms. The number of hydrogen-bond donors (Lipinski definition) is 0. The number of hydrogen-bond acceptors (Lipinski definition) is 4. The number of benzene rings is 2. The normalized spacial score (nSPS) is 31.1. The first-order valence-electron chi connectivity index (χ1n) is 10.9. The van der Waals surface area contributed by atoms with E-state index < -0.39 is 17.4 Å². The molecule has 4 aliphatic heterocycles. The summed E-state index contributed by atoms with van der Waals surface area (Å²) in [5.74, 6) is -2.08. The highest BCUT2D eigenvalue weighted by atomic mass is 35.5. The van der Waals surface area contributed by atoms with Gasteiger partial charge in [0.2, 0.25) is 11.8 Å². The summed E-state index contributed by atoms with van der Waals surface area (Å²) < 4.78 is 0. The van der Waals surface area contributed by atoms with E-state index in [9.17, 15) is 14.4 Å². The van der Waals surface area contributed by atoms with E-state index in [-0.39, 0.29) is 23.8 Å². The molecule has 0 aromatic heterocycles. The molecule has 8 heteroatoms. The Hall–Kier alpha value is -2.41. The Bertz CT molecular complexity index is 1180. The van der Waals surface area contributed by atoms with Crippen LogP contribution >= 0.6 is 23.2 Å². The molecule has 32 heavy (non-hydrogen) atoms. The molecule has 0 radical (unpaired) electrons. The van der Waals surface area contributed by atoms with Gasteiger partial charge in [0.25, 0.3) is 5.91 Å². The number of carbonyl (C=O) groups is 3. The van der Waals surface area contributed by atoms with Crippen molar-refractivity contribution in [2.75, 3.05) is 22.9 Å². The van der Waals surface area contributed by atoms with Crippen molar-refractivity contribution < 1.29 is 14.4 Å². The number of rotatable bonds is 2. The molecular weight excluding hydrogens is 449 g/mol. The monoisotopic (exact) mass is 469 g/mol. The number of imide groups is 1. The van der Waals surface area contributed by atoms with E-state index in [1.54, 1.807) is 23.1 Å². The Morgan fingerprint density at radius 3 is 2.47 bits per heavy atom. The highest BCUT2D eigenvalue weighted by Crippen LogP contribution is 2.61. The van der Waals surface area contributed by atoms with E-state index in [0.717, 1.165) is 24.1 Å². The topological polar surface area (TPSA) is 60.9 Å². The number of nitrogens with zero attached hydrogens (tertiary/aromatic N) is 3. The summed E-state index contributed by atoms with van der Waals surface area (Å²) in [5.41, 5.74) is 0.870. The Balaban J connectivity index is 1.57. The maximum Gasteiger partial charge on any atom is 0.253 e. The van der Waals surface area contributed by atoms with Gasteiger partial charge in [-0.1, -0.05) is 41.4 Å². The molecule has 1 spiro atoms. The summed E-state index contributed by atoms with van der Waals surface area (Å²) in [6.45, 7) is 3.13. The average Bonchev–Trinajstić information content (AvgIpc) is 3.45. The molecule has 4 aliphatic rings. The van der Waals surface area contributed by atoms with Crippen molar-refractivity contribution in [3.63, 3.8) is 0 Å². The molecule has 3 fully saturated rings. The second kappa shape index (κ2) is 6.80. The SMILES string of the molecule is CCN1C(=O)[C@]2(c3ccccc31)[C@@H]1C(=O)N(c3cc(Cl)cc(Cl)c3)C(=O)[C@@H]1[C@@H]1CCCN12. The van der Waals surface area contributed by atoms with Crippen molar-refractivity contribution >= 4 is 52.3 Å². The van der Waals surface area contributed by atoms with Gasteiger partial charge in [0.1, 0.15) is 5.54 Å². The maximum absolute atomic E-state index is 14.1. The first-order valence-corrected chi connectivity index (χ1v) is 11.7. The van der Waals surface area contributed by atoms with Gasteiger partial charge in [0.15, 0.2) is 0 Å². The number of amides is 3. The molecule has 0 unspecified atom stereocenters. The lowest BCUT2D eigenvalue weighted by atomic mass is 9.75. The third kappa shape index (κ3) is 2.28. The Labute approximate surface area is 195 Å². The van der Waals surface area contributed by atoms with Crippen LogP contribution in [0.4, 0.5) is 11.4 Å². The largest absolute Gasteiger partial charge is 0.310 e. The van der Waals surface area contributed by atoms with Crippen LogP contribution in [-0.4, -0.2) is 41.8 Å². The summed E-state index contributed by atoms with van der Waals surface area (Å²) in [5, 5.41) is 0.698. The van der Waals surface area contributed by atoms with Crippen LogP contribution in [0.5, 0.6) is 0 Å². The second-order valence-corrected chi connectivity index (χ2v) is 9.75. The number of halogens is 2. The molecule has 164 valence electrons. The Morgan fingerprint density at radius 2 is 1.75 bits per heavy atom. The van der Waals surface area contributed by atoms with Crippen LogP contribution in [0.1, 0.15) is 25.3 Å². The van der Waals surface area contributed by atoms with Gasteiger partial charge < -0.3 is 4.90 Å². The van der Waals surface area contributed by atoms with Gasteiger partial charge in [0, 0.05) is 33.9 Å². The van der Waals surface area contributed by atoms with Crippen molar-refractivity contribution in [1.29, 1.82) is 0 Å². The number of carbonyl (C=O) groups excluding carboxylic acids is 3. The minimum Gasteiger partial charge on any atom is -0.310 e. The van der Waals surface area contributed by atoms with Crippen molar-refractivity contribution in [3.8, 4) is 0 Å². The number of fused-ring (bicyclic) bond motifs is 7. The number of para-hydroxylation sites is 1. The smallest absolute Gasteiger partial charge is 0.253 e. The van der Waals surface area contributed by atoms with Crippen molar-refractivity contribution in [2.45, 2.75) is 31.3 Å². The lowest BCUT2D eigenvalue weighted by molar-refractivity contribution is -0.137. The fourth-order valence-electron chi connectivity index (χ4n) is 6.58. The maximum atomic E-state index is 14.1. The molecule has 0 N–H and O–H groups in total. The highest BCUT2D eigenvalue weighted by molar-refractivity contribution is 6.36. The molecule has 0 aliphatic carbocycles. The highest BCUT2D eigenvalue weighted by Gasteiger charge is 2.75. The predicted molar refractivity (Wildman–Crippen MR) is 122 cm³/mol. The van der Waals surface area contributed by atoms with Crippen LogP contribution in [0, 0.1) is 11.8 Å². The lowest BCUT2D eigenvalue weighted by Crippen LogP contribution is -2.56. The molecular formula is C24H21Cl2N3O3. The van der Waals surface area contributed by atoms with E-state index >= 15 is 0 Å². The second-order valence-electron chi connectivity index (χ2n) is 8.88. The van der Waals surface area contributed by atoms with Gasteiger partial charge in [-0.05, 0) is 50.6 Å². The summed E-state index contributed by atoms with van der Waals surface area (Å²) in [7, 11) is 0. The van der Waals surface area contributed by atoms with Crippen LogP contribution < -0.4 is 9.80 Å². The van der Waals surface area contributed by atoms with Gasteiger partial charge in [-0.3, -0.25) is 19.3 Å². The summed E-state index contributed by atoms with van der Waals surface area (Å²) in [6, 6.07) is 12.2. The fourth-order valence-corrected chi connectivity index (χ4v) is 7.09. The minimum atomic E-state index is -1.15. The van der Waals surface area contributed by atoms with Crippen molar-refractivity contribution in [3.05, 3.63) is 58.1 Å². The Morgan fingerprint density at radius 1 is 1.03 bits per heavy atom. The van der Waals surface area contributed by atoms with Crippen molar-refractivity contribution in [2.24, 2.45) is 11.8 Å². The van der Waals surface area contributed by atoms with E-state index in [0.29, 0.717) is 28.8 Å². The van der Waals surface area contributed by atoms with Crippen LogP contribution in [0.25, 0.3) is 0 Å². The van der Waals surface area contributed by atoms with Crippen LogP contribution in [0.15, 0.2) is 42.5 Å². The average molecular weight is 470 g/mol. The standard InChI is InChI=1S/C24H21Cl2N3O3/c1-2-27-17-7-4-3-6-16(17)24(23(27)32)20-19(18-8-5-9-28(18)24)21(30)29(22(20)31)15-11-13(25)10-14(26)12-15/h3-4,6-7,10-12,18-20H,2,5,8-9H2,1H3/t18-,19+,20-,24-/m0/s1. The first kappa shape index (κ1) is 20.2. The zero-order chi connectivity index (χ0) is 22.4. The van der Waals surface area contributed by atoms with Gasteiger partial charge >= 0.3 is 0 Å². The van der Waals surface area contributed by atoms with E-state index in [1.807, 2.05) is 31.2 Å². The van der Waals surface area contributed by atoms with Crippen molar-refractivity contribution in [1.82, 2.24) is 4.90 Å². The van der Waals surface area contributed by atoms with Gasteiger partial charge in [-0.25, -0.2) is 4.90 Å². The van der Waals surface area contributed by atoms with E-state index in [4.69, 9.17) is 23.2 Å². The molecule has 6 nitrogen and oxygen atoms in total. The summed E-state index contributed by atoms with van der Waals surface area (Å²) in [6.07, 6.45) is 1.68. The molecule has 4 heterocycles. The fraction of sp³-hybridized carbons (Fsp3) is 0.375. The van der Waals surface area contributed by atoms with E-state index in [1.165, 1.54) is 4.90 Å². The predicted octanol–water partition coefficient (Wildman–Crippen LogP) is 3.84. The lowest BCUT2D eigenvalue weighted by Gasteiger charge is -2.37. The Kier molecular flexibility index (Phi) is 4.29. The summed E-state index contributed by atoms with van der Waals surface area (Å²) >= 11 is 12.4. The molecule has 2 aromatic rings. The first-order chi connectivity index (χ1) is 15.4. The van der Waals surface area contributed by atoms with E-state index in [2.05, 4.69) is 4.90 Å². The van der Waals surface area contributed by atoms with Gasteiger partial charge in [-0.15, -0.1) is 0 Å².